The normalized spacial score (nSPS) is 10.5. The van der Waals surface area contributed by atoms with Crippen LogP contribution in [0.5, 0.6) is 0 Å². The molecule has 3 aromatic rings. The maximum Gasteiger partial charge on any atom is 0.297 e. The number of hydrogen-bond acceptors (Lipinski definition) is 3. The molecule has 0 aliphatic rings. The van der Waals surface area contributed by atoms with Crippen molar-refractivity contribution in [3.05, 3.63) is 52.8 Å². The van der Waals surface area contributed by atoms with Crippen LogP contribution in [0.2, 0.25) is 0 Å². The average Bonchev–Trinajstić information content (AvgIpc) is 2.97. The Morgan fingerprint density at radius 3 is 2.65 bits per heavy atom. The van der Waals surface area contributed by atoms with Crippen molar-refractivity contribution in [2.75, 3.05) is 0 Å². The number of aromatic nitrogens is 3. The van der Waals surface area contributed by atoms with Crippen LogP contribution in [0.4, 0.5) is 5.69 Å². The first kappa shape index (κ1) is 17.3. The van der Waals surface area contributed by atoms with Crippen LogP contribution in [-0.4, -0.2) is 14.9 Å². The van der Waals surface area contributed by atoms with E-state index in [1.54, 1.807) is 12.1 Å². The Labute approximate surface area is 150 Å². The smallest absolute Gasteiger partial charge is 0.297 e. The van der Waals surface area contributed by atoms with Crippen LogP contribution < -0.4 is 28.5 Å². The molecule has 0 aliphatic heterocycles. The summed E-state index contributed by atoms with van der Waals surface area (Å²) in [7, 11) is 0. The molecule has 0 aliphatic carbocycles. The summed E-state index contributed by atoms with van der Waals surface area (Å²) in [4.78, 5) is 18.2. The molecule has 0 amide bonds. The van der Waals surface area contributed by atoms with E-state index < -0.39 is 4.92 Å². The molecule has 0 atom stereocenters. The van der Waals surface area contributed by atoms with Crippen molar-refractivity contribution >= 4 is 16.7 Å². The highest BCUT2D eigenvalue weighted by atomic mass is 127. The molecule has 6 nitrogen and oxygen atoms in total. The predicted molar refractivity (Wildman–Crippen MR) is 83.3 cm³/mol. The van der Waals surface area contributed by atoms with Crippen LogP contribution in [0.1, 0.15) is 19.8 Å². The van der Waals surface area contributed by atoms with E-state index in [1.165, 1.54) is 6.07 Å². The molecular formula is C16H17IN4O2. The minimum Gasteiger partial charge on any atom is -1.00 e. The first-order chi connectivity index (χ1) is 10.7. The highest BCUT2D eigenvalue weighted by Crippen LogP contribution is 2.26. The Balaban J connectivity index is 0.00000192. The number of nitro groups is 1. The van der Waals surface area contributed by atoms with Gasteiger partial charge in [-0.2, -0.15) is 0 Å². The van der Waals surface area contributed by atoms with E-state index in [4.69, 9.17) is 0 Å². The van der Waals surface area contributed by atoms with E-state index in [0.717, 1.165) is 24.9 Å². The second kappa shape index (κ2) is 7.49. The number of nitrogens with zero attached hydrogens (tertiary/aromatic N) is 3. The summed E-state index contributed by atoms with van der Waals surface area (Å²) in [5.74, 6) is 0.645. The molecule has 0 bridgehead atoms. The Morgan fingerprint density at radius 2 is 2.00 bits per heavy atom. The zero-order valence-corrected chi connectivity index (χ0v) is 14.9. The number of rotatable bonds is 5. The third kappa shape index (κ3) is 3.66. The van der Waals surface area contributed by atoms with Gasteiger partial charge < -0.3 is 29.0 Å². The maximum absolute atomic E-state index is 11.1. The Hall–Kier alpha value is -2.03. The molecule has 0 saturated heterocycles. The third-order valence-electron chi connectivity index (χ3n) is 3.62. The number of non-ortho nitro benzene ring substituents is 1. The molecule has 0 radical (unpaired) electrons. The molecule has 0 fully saturated rings. The standard InChI is InChI=1S/C16H16N4O2.HI/c1-2-3-9-19-10-7-12(8-11-19)16-17-13-5-4-6-14(20(21)22)15(13)18-16;/h4-8,10-11H,2-3,9H2,1H3;1H. The van der Waals surface area contributed by atoms with Gasteiger partial charge in [0.25, 0.3) is 5.69 Å². The van der Waals surface area contributed by atoms with Crippen molar-refractivity contribution in [2.45, 2.75) is 26.3 Å². The number of imidazole rings is 1. The van der Waals surface area contributed by atoms with E-state index in [1.807, 2.05) is 24.5 Å². The molecule has 1 aromatic carbocycles. The lowest BCUT2D eigenvalue weighted by Gasteiger charge is -1.97. The summed E-state index contributed by atoms with van der Waals surface area (Å²) >= 11 is 0. The number of halogens is 1. The number of hydrogen-bond donors (Lipinski definition) is 1. The molecule has 23 heavy (non-hydrogen) atoms. The number of H-pyrrole nitrogens is 1. The monoisotopic (exact) mass is 424 g/mol. The Morgan fingerprint density at radius 1 is 1.26 bits per heavy atom. The van der Waals surface area contributed by atoms with Gasteiger partial charge in [-0.3, -0.25) is 10.1 Å². The van der Waals surface area contributed by atoms with Crippen LogP contribution in [0, 0.1) is 10.1 Å². The lowest BCUT2D eigenvalue weighted by Crippen LogP contribution is -3.00. The van der Waals surface area contributed by atoms with Gasteiger partial charge in [-0.25, -0.2) is 9.55 Å². The van der Waals surface area contributed by atoms with E-state index in [0.29, 0.717) is 16.9 Å². The Bertz CT molecular complexity index is 815. The molecule has 0 saturated carbocycles. The fourth-order valence-electron chi connectivity index (χ4n) is 2.41. The molecule has 3 rings (SSSR count). The maximum atomic E-state index is 11.1. The summed E-state index contributed by atoms with van der Waals surface area (Å²) in [6.45, 7) is 3.15. The second-order valence-corrected chi connectivity index (χ2v) is 5.19. The number of pyridine rings is 1. The van der Waals surface area contributed by atoms with E-state index >= 15 is 0 Å². The molecular weight excluding hydrogens is 407 g/mol. The zero-order chi connectivity index (χ0) is 15.5. The summed E-state index contributed by atoms with van der Waals surface area (Å²) < 4.78 is 2.12. The van der Waals surface area contributed by atoms with Gasteiger partial charge in [0.1, 0.15) is 12.4 Å². The van der Waals surface area contributed by atoms with Gasteiger partial charge in [-0.1, -0.05) is 19.4 Å². The fraction of sp³-hybridized carbons (Fsp3) is 0.250. The van der Waals surface area contributed by atoms with Crippen LogP contribution >= 0.6 is 0 Å². The summed E-state index contributed by atoms with van der Waals surface area (Å²) in [5, 5.41) is 11.1. The largest absolute Gasteiger partial charge is 1.00 e. The van der Waals surface area contributed by atoms with E-state index in [-0.39, 0.29) is 29.7 Å². The number of fused-ring (bicyclic) bond motifs is 1. The quantitative estimate of drug-likeness (QED) is 0.276. The number of nitrogens with one attached hydrogen (secondary N) is 1. The first-order valence-corrected chi connectivity index (χ1v) is 7.31. The minimum atomic E-state index is -0.406. The molecule has 2 aromatic heterocycles. The number of benzene rings is 1. The van der Waals surface area contributed by atoms with E-state index in [2.05, 4.69) is 21.5 Å². The van der Waals surface area contributed by atoms with Gasteiger partial charge in [0.05, 0.1) is 10.4 Å². The third-order valence-corrected chi connectivity index (χ3v) is 3.62. The summed E-state index contributed by atoms with van der Waals surface area (Å²) in [5.41, 5.74) is 2.00. The number of nitro benzene ring substituents is 1. The second-order valence-electron chi connectivity index (χ2n) is 5.19. The highest BCUT2D eigenvalue weighted by Gasteiger charge is 2.16. The highest BCUT2D eigenvalue weighted by molar-refractivity contribution is 5.87. The number of aryl methyl sites for hydroxylation is 1. The van der Waals surface area contributed by atoms with Crippen molar-refractivity contribution < 1.29 is 33.5 Å². The van der Waals surface area contributed by atoms with Gasteiger partial charge in [-0.05, 0) is 6.07 Å². The number of aromatic amines is 1. The van der Waals surface area contributed by atoms with Crippen molar-refractivity contribution in [2.24, 2.45) is 0 Å². The van der Waals surface area contributed by atoms with Crippen molar-refractivity contribution in [1.82, 2.24) is 9.97 Å². The SMILES string of the molecule is CCCC[n+]1ccc(-c2nc3c([N+](=O)[O-])cccc3[nH]2)cc1.[I-]. The first-order valence-electron chi connectivity index (χ1n) is 7.31. The minimum absolute atomic E-state index is 0. The summed E-state index contributed by atoms with van der Waals surface area (Å²) in [6.07, 6.45) is 6.31. The summed E-state index contributed by atoms with van der Waals surface area (Å²) in [6, 6.07) is 8.87. The molecule has 120 valence electrons. The zero-order valence-electron chi connectivity index (χ0n) is 12.7. The van der Waals surface area contributed by atoms with Crippen LogP contribution in [-0.2, 0) is 6.54 Å². The molecule has 1 N–H and O–H groups in total. The molecule has 2 heterocycles. The van der Waals surface area contributed by atoms with Gasteiger partial charge in [-0.15, -0.1) is 0 Å². The lowest BCUT2D eigenvalue weighted by molar-refractivity contribution is -0.697. The predicted octanol–water partition coefficient (Wildman–Crippen LogP) is 0.230. The lowest BCUT2D eigenvalue weighted by atomic mass is 10.2. The Kier molecular flexibility index (Phi) is 5.64. The van der Waals surface area contributed by atoms with Gasteiger partial charge in [0, 0.05) is 30.2 Å². The average molecular weight is 424 g/mol. The molecule has 0 unspecified atom stereocenters. The van der Waals surface area contributed by atoms with Gasteiger partial charge in [0.15, 0.2) is 17.9 Å². The van der Waals surface area contributed by atoms with Crippen molar-refractivity contribution in [3.63, 3.8) is 0 Å². The van der Waals surface area contributed by atoms with Crippen LogP contribution in [0.25, 0.3) is 22.4 Å². The molecule has 7 heteroatoms. The van der Waals surface area contributed by atoms with Crippen LogP contribution in [0.3, 0.4) is 0 Å². The molecule has 0 spiro atoms. The van der Waals surface area contributed by atoms with Crippen molar-refractivity contribution in [3.8, 4) is 11.4 Å². The number of unbranched alkanes of at least 4 members (excludes halogenated alkanes) is 1. The number of para-hydroxylation sites is 1. The fourth-order valence-corrected chi connectivity index (χ4v) is 2.41. The van der Waals surface area contributed by atoms with E-state index in [9.17, 15) is 10.1 Å². The van der Waals surface area contributed by atoms with Crippen molar-refractivity contribution in [1.29, 1.82) is 0 Å². The van der Waals surface area contributed by atoms with Gasteiger partial charge >= 0.3 is 0 Å². The topological polar surface area (TPSA) is 75.7 Å². The van der Waals surface area contributed by atoms with Crippen LogP contribution in [0.15, 0.2) is 42.7 Å². The van der Waals surface area contributed by atoms with Gasteiger partial charge in [0.2, 0.25) is 0 Å².